The van der Waals surface area contributed by atoms with Crippen molar-refractivity contribution >= 4 is 98.6 Å². The highest BCUT2D eigenvalue weighted by Crippen LogP contribution is 2.38. The van der Waals surface area contributed by atoms with E-state index in [1.165, 1.54) is 17.6 Å². The van der Waals surface area contributed by atoms with E-state index in [4.69, 9.17) is 4.42 Å². The number of fused-ring (bicyclic) bond motifs is 3. The number of hydrogen-bond acceptors (Lipinski definition) is 4. The first-order chi connectivity index (χ1) is 14.8. The number of hydrogen-bond donors (Lipinski definition) is 0. The third-order valence-electron chi connectivity index (χ3n) is 6.23. The van der Waals surface area contributed by atoms with E-state index < -0.39 is 21.4 Å². The second-order valence-corrected chi connectivity index (χ2v) is 9.46. The largest absolute Gasteiger partial charge is 0.534 e. The number of rotatable bonds is 3. The molecule has 0 unspecified atom stereocenters. The van der Waals surface area contributed by atoms with Crippen LogP contribution in [0.2, 0.25) is 0 Å². The average molecular weight is 451 g/mol. The van der Waals surface area contributed by atoms with Gasteiger partial charge in [-0.1, -0.05) is 23.1 Å². The Morgan fingerprint density at radius 3 is 2.00 bits per heavy atom. The van der Waals surface area contributed by atoms with E-state index in [1.54, 1.807) is 6.07 Å². The highest BCUT2D eigenvalue weighted by Gasteiger charge is 2.48. The van der Waals surface area contributed by atoms with Gasteiger partial charge in [0.15, 0.2) is 0 Å². The molecule has 4 rings (SSSR count). The molecule has 1 heterocycles. The molecule has 0 spiro atoms. The van der Waals surface area contributed by atoms with Gasteiger partial charge in [-0.15, -0.1) is 16.4 Å². The minimum atomic E-state index is -5.78. The first kappa shape index (κ1) is 22.5. The van der Waals surface area contributed by atoms with Crippen LogP contribution in [0.1, 0.15) is 0 Å². The Labute approximate surface area is 187 Å². The van der Waals surface area contributed by atoms with E-state index in [0.29, 0.717) is 21.9 Å². The second kappa shape index (κ2) is 7.44. The van der Waals surface area contributed by atoms with E-state index in [9.17, 15) is 21.6 Å². The Morgan fingerprint density at radius 1 is 0.812 bits per heavy atom. The number of benzene rings is 3. The van der Waals surface area contributed by atoms with Crippen LogP contribution in [-0.4, -0.2) is 53.2 Å². The van der Waals surface area contributed by atoms with Gasteiger partial charge >= 0.3 is 15.6 Å². The van der Waals surface area contributed by atoms with Crippen LogP contribution < -0.4 is 31.5 Å². The predicted octanol–water partition coefficient (Wildman–Crippen LogP) is -3.23. The van der Waals surface area contributed by atoms with E-state index in [1.807, 2.05) is 27.8 Å². The normalized spacial score (nSPS) is 12.5. The third kappa shape index (κ3) is 3.43. The highest BCUT2D eigenvalue weighted by molar-refractivity contribution is 7.88. The summed E-state index contributed by atoms with van der Waals surface area (Å²) < 4.78 is 71.5. The maximum Gasteiger partial charge on any atom is 0.534 e. The van der Waals surface area contributed by atoms with Crippen LogP contribution in [0.25, 0.3) is 33.1 Å². The van der Waals surface area contributed by atoms with E-state index in [0.717, 1.165) is 39.0 Å². The lowest BCUT2D eigenvalue weighted by atomic mass is 9.59. The van der Waals surface area contributed by atoms with Gasteiger partial charge in [-0.2, -0.15) is 21.6 Å². The minimum absolute atomic E-state index is 0.417. The molecular weight excluding hydrogens is 435 g/mol. The summed E-state index contributed by atoms with van der Waals surface area (Å²) in [6.07, 6.45) is 0. The van der Waals surface area contributed by atoms with Crippen molar-refractivity contribution in [3.8, 4) is 16.9 Å². The van der Waals surface area contributed by atoms with Crippen molar-refractivity contribution in [3.05, 3.63) is 36.4 Å². The second-order valence-electron chi connectivity index (χ2n) is 7.92. The van der Waals surface area contributed by atoms with Crippen molar-refractivity contribution in [2.45, 2.75) is 5.51 Å². The zero-order valence-electron chi connectivity index (χ0n) is 18.1. The van der Waals surface area contributed by atoms with Crippen molar-refractivity contribution in [1.82, 2.24) is 0 Å². The van der Waals surface area contributed by atoms with Gasteiger partial charge in [0.1, 0.15) is 56.1 Å². The lowest BCUT2D eigenvalue weighted by Gasteiger charge is -2.21. The first-order valence-corrected chi connectivity index (χ1v) is 11.3. The molecule has 0 aliphatic heterocycles. The van der Waals surface area contributed by atoms with Crippen LogP contribution in [0.5, 0.6) is 5.75 Å². The van der Waals surface area contributed by atoms with Gasteiger partial charge in [-0.05, 0) is 35.4 Å². The zero-order valence-corrected chi connectivity index (χ0v) is 19.0. The molecule has 32 heavy (non-hydrogen) atoms. The fraction of sp³-hybridized carbons (Fsp3) is 0.0526. The van der Waals surface area contributed by atoms with Gasteiger partial charge in [0.05, 0.1) is 0 Å². The fourth-order valence-electron chi connectivity index (χ4n) is 4.14. The Bertz CT molecular complexity index is 1480. The topological polar surface area (TPSA) is 56.5 Å². The Hall–Kier alpha value is -2.68. The summed E-state index contributed by atoms with van der Waals surface area (Å²) in [6.45, 7) is 0. The van der Waals surface area contributed by atoms with Crippen LogP contribution >= 0.6 is 0 Å². The van der Waals surface area contributed by atoms with E-state index in [2.05, 4.69) is 27.7 Å². The molecule has 0 fully saturated rings. The van der Waals surface area contributed by atoms with Gasteiger partial charge in [-0.3, -0.25) is 0 Å². The molecule has 4 aromatic rings. The van der Waals surface area contributed by atoms with Gasteiger partial charge < -0.3 is 8.60 Å². The van der Waals surface area contributed by atoms with Crippen molar-refractivity contribution in [2.24, 2.45) is 0 Å². The van der Waals surface area contributed by atoms with Crippen molar-refractivity contribution < 1.29 is 30.2 Å². The molecule has 0 amide bonds. The summed E-state index contributed by atoms with van der Waals surface area (Å²) in [4.78, 5) is 0. The summed E-state index contributed by atoms with van der Waals surface area (Å²) in [6, 6.07) is 9.38. The summed E-state index contributed by atoms with van der Waals surface area (Å²) in [5.41, 5.74) is 3.05. The molecule has 0 N–H and O–H groups in total. The minimum Gasteiger partial charge on any atom is -0.456 e. The van der Waals surface area contributed by atoms with Gasteiger partial charge in [0, 0.05) is 10.8 Å². The standard InChI is InChI=1S/C19H16B5F3O4S/c20-14-13(15(21)17(23)18(24)16(14)22)8-2-1-3-11-12(8)9-6-7(4-5-10(9)30-11)31-32(28,29)19(25,26)27/h1-6H,20-24H2. The molecule has 0 radical (unpaired) electrons. The molecule has 158 valence electrons. The SMILES string of the molecule is Bc1c(B)c(B)c(-c2cccc3oc4ccc(OS(=O)(=O)C(F)(F)F)cc4c23)c(B)c1B. The third-order valence-corrected chi connectivity index (χ3v) is 7.20. The summed E-state index contributed by atoms with van der Waals surface area (Å²) in [5, 5.41) is 1.16. The zero-order chi connectivity index (χ0) is 23.6. The van der Waals surface area contributed by atoms with Crippen molar-refractivity contribution in [1.29, 1.82) is 0 Å². The molecule has 0 saturated carbocycles. The van der Waals surface area contributed by atoms with Gasteiger partial charge in [-0.25, -0.2) is 0 Å². The number of furan rings is 1. The Morgan fingerprint density at radius 2 is 1.41 bits per heavy atom. The molecule has 1 aromatic heterocycles. The van der Waals surface area contributed by atoms with E-state index >= 15 is 0 Å². The molecular formula is C19H16B5F3O4S. The quantitative estimate of drug-likeness (QED) is 0.187. The lowest BCUT2D eigenvalue weighted by Crippen LogP contribution is -2.55. The smallest absolute Gasteiger partial charge is 0.456 e. The molecule has 0 aliphatic rings. The molecule has 0 atom stereocenters. The van der Waals surface area contributed by atoms with Crippen LogP contribution in [0.3, 0.4) is 0 Å². The molecule has 3 aromatic carbocycles. The lowest BCUT2D eigenvalue weighted by molar-refractivity contribution is -0.0500. The first-order valence-electron chi connectivity index (χ1n) is 9.87. The Balaban J connectivity index is 2.02. The molecule has 0 aliphatic carbocycles. The molecule has 0 saturated heterocycles. The number of alkyl halides is 3. The highest BCUT2D eigenvalue weighted by atomic mass is 32.2. The maximum absolute atomic E-state index is 12.8. The maximum atomic E-state index is 12.8. The molecule has 4 nitrogen and oxygen atoms in total. The van der Waals surface area contributed by atoms with Crippen LogP contribution in [0.4, 0.5) is 13.2 Å². The Kier molecular flexibility index (Phi) is 5.23. The summed E-state index contributed by atoms with van der Waals surface area (Å²) >= 11 is 0. The summed E-state index contributed by atoms with van der Waals surface area (Å²) in [7, 11) is 4.49. The van der Waals surface area contributed by atoms with Gasteiger partial charge in [0.25, 0.3) is 0 Å². The van der Waals surface area contributed by atoms with Crippen LogP contribution in [0, 0.1) is 0 Å². The van der Waals surface area contributed by atoms with Crippen LogP contribution in [-0.2, 0) is 10.1 Å². The molecule has 0 bridgehead atoms. The van der Waals surface area contributed by atoms with Gasteiger partial charge in [0.2, 0.25) is 0 Å². The van der Waals surface area contributed by atoms with E-state index in [-0.39, 0.29) is 0 Å². The fourth-order valence-corrected chi connectivity index (χ4v) is 4.60. The average Bonchev–Trinajstić information content (AvgIpc) is 3.08. The van der Waals surface area contributed by atoms with Crippen molar-refractivity contribution in [2.75, 3.05) is 0 Å². The summed E-state index contributed by atoms with van der Waals surface area (Å²) in [5.74, 6) is -0.433. The molecule has 13 heteroatoms. The van der Waals surface area contributed by atoms with Crippen molar-refractivity contribution in [3.63, 3.8) is 0 Å². The predicted molar refractivity (Wildman–Crippen MR) is 136 cm³/mol. The number of halogens is 3. The monoisotopic (exact) mass is 452 g/mol. The van der Waals surface area contributed by atoms with Crippen LogP contribution in [0.15, 0.2) is 40.8 Å².